The molecule has 5 heterocycles. The fourth-order valence-corrected chi connectivity index (χ4v) is 7.03. The Bertz CT molecular complexity index is 1630. The Morgan fingerprint density at radius 1 is 1.15 bits per heavy atom. The molecular formula is C28H24F2N6O3S. The van der Waals surface area contributed by atoms with Crippen molar-refractivity contribution in [2.45, 2.75) is 57.7 Å². The molecule has 1 N–H and O–H groups in total. The smallest absolute Gasteiger partial charge is 0.230 e. The molecule has 2 amide bonds. The van der Waals surface area contributed by atoms with E-state index in [0.717, 1.165) is 33.8 Å². The predicted molar refractivity (Wildman–Crippen MR) is 147 cm³/mol. The first-order valence-electron chi connectivity index (χ1n) is 13.1. The van der Waals surface area contributed by atoms with E-state index in [1.54, 1.807) is 0 Å². The molecule has 2 unspecified atom stereocenters. The second kappa shape index (κ2) is 9.19. The minimum atomic E-state index is -1.02. The number of hydrogen-bond donors (Lipinski definition) is 1. The number of amidine groups is 1. The minimum Gasteiger partial charge on any atom is -0.361 e. The first-order chi connectivity index (χ1) is 19.3. The van der Waals surface area contributed by atoms with Crippen LogP contribution in [0.5, 0.6) is 0 Å². The van der Waals surface area contributed by atoms with Crippen LogP contribution in [0.4, 0.5) is 25.4 Å². The van der Waals surface area contributed by atoms with Crippen molar-refractivity contribution >= 4 is 51.2 Å². The van der Waals surface area contributed by atoms with Gasteiger partial charge in [-0.2, -0.15) is 0 Å². The standard InChI is InChI=1S/C28H24F2N6O3S/c1-13-25(14(2)39-34-13)15-6-9-20-19(10-15)31-27(36(20)28-33-26-22(40-28)12-23(37)32-26)21-4-3-5-24(38)35(21)16-7-8-17(29)18(30)11-16/h6-11,19-21H,3-5,12H2,1-2H3,(H,32,37)/t19?,20?,21-/m0/s1. The lowest BCUT2D eigenvalue weighted by Gasteiger charge is -2.39. The van der Waals surface area contributed by atoms with E-state index >= 15 is 0 Å². The molecule has 4 aliphatic rings. The predicted octanol–water partition coefficient (Wildman–Crippen LogP) is 4.72. The number of thiazole rings is 1. The molecule has 0 radical (unpaired) electrons. The summed E-state index contributed by atoms with van der Waals surface area (Å²) in [6, 6.07) is 2.46. The lowest BCUT2D eigenvalue weighted by Crippen LogP contribution is -2.54. The van der Waals surface area contributed by atoms with Crippen LogP contribution in [-0.4, -0.2) is 45.9 Å². The summed E-state index contributed by atoms with van der Waals surface area (Å²) >= 11 is 1.41. The van der Waals surface area contributed by atoms with Gasteiger partial charge in [0.2, 0.25) is 11.8 Å². The highest BCUT2D eigenvalue weighted by molar-refractivity contribution is 7.16. The van der Waals surface area contributed by atoms with Gasteiger partial charge >= 0.3 is 0 Å². The van der Waals surface area contributed by atoms with Crippen molar-refractivity contribution in [1.82, 2.24) is 10.1 Å². The molecule has 12 heteroatoms. The van der Waals surface area contributed by atoms with Gasteiger partial charge in [-0.1, -0.05) is 28.6 Å². The molecule has 0 spiro atoms. The Kier molecular flexibility index (Phi) is 5.70. The van der Waals surface area contributed by atoms with Crippen molar-refractivity contribution in [1.29, 1.82) is 0 Å². The lowest BCUT2D eigenvalue weighted by molar-refractivity contribution is -0.120. The third-order valence-electron chi connectivity index (χ3n) is 7.72. The average Bonchev–Trinajstić information content (AvgIpc) is 3.66. The highest BCUT2D eigenvalue weighted by atomic mass is 32.1. The summed E-state index contributed by atoms with van der Waals surface area (Å²) in [5.74, 6) is -0.408. The van der Waals surface area contributed by atoms with Crippen LogP contribution < -0.4 is 15.1 Å². The molecule has 0 saturated carbocycles. The fourth-order valence-electron chi connectivity index (χ4n) is 5.96. The summed E-state index contributed by atoms with van der Waals surface area (Å²) in [5, 5.41) is 7.54. The molecular weight excluding hydrogens is 538 g/mol. The number of fused-ring (bicyclic) bond motifs is 2. The van der Waals surface area contributed by atoms with Gasteiger partial charge in [0.1, 0.15) is 17.4 Å². The van der Waals surface area contributed by atoms with Crippen LogP contribution in [0.15, 0.2) is 45.9 Å². The molecule has 9 nitrogen and oxygen atoms in total. The second-order valence-electron chi connectivity index (χ2n) is 10.3. The molecule has 7 rings (SSSR count). The van der Waals surface area contributed by atoms with E-state index in [-0.39, 0.29) is 36.0 Å². The molecule has 3 aromatic rings. The maximum Gasteiger partial charge on any atom is 0.230 e. The number of anilines is 3. The molecule has 1 aromatic carbocycles. The average molecular weight is 563 g/mol. The topological polar surface area (TPSA) is 104 Å². The number of aryl methyl sites for hydroxylation is 2. The first kappa shape index (κ1) is 24.8. The maximum atomic E-state index is 14.3. The van der Waals surface area contributed by atoms with Crippen LogP contribution >= 0.6 is 11.3 Å². The summed E-state index contributed by atoms with van der Waals surface area (Å²) in [5.41, 5.74) is 2.91. The Balaban J connectivity index is 1.34. The van der Waals surface area contributed by atoms with Gasteiger partial charge < -0.3 is 14.7 Å². The summed E-state index contributed by atoms with van der Waals surface area (Å²) in [6.07, 6.45) is 7.91. The van der Waals surface area contributed by atoms with E-state index in [0.29, 0.717) is 41.8 Å². The highest BCUT2D eigenvalue weighted by Crippen LogP contribution is 2.42. The number of halogens is 2. The number of aliphatic imine (C=N–C) groups is 1. The first-order valence-corrected chi connectivity index (χ1v) is 13.9. The molecule has 1 aliphatic carbocycles. The number of benzene rings is 1. The molecule has 40 heavy (non-hydrogen) atoms. The monoisotopic (exact) mass is 562 g/mol. The van der Waals surface area contributed by atoms with Crippen LogP contribution in [0.25, 0.3) is 5.57 Å². The van der Waals surface area contributed by atoms with Gasteiger partial charge in [0.05, 0.1) is 35.1 Å². The number of nitrogens with one attached hydrogen (secondary N) is 1. The molecule has 1 saturated heterocycles. The zero-order chi connectivity index (χ0) is 27.7. The number of nitrogens with zero attached hydrogens (tertiary/aromatic N) is 5. The summed E-state index contributed by atoms with van der Waals surface area (Å²) in [7, 11) is 0. The Hall–Kier alpha value is -4.19. The Morgan fingerprint density at radius 2 is 2.00 bits per heavy atom. The van der Waals surface area contributed by atoms with Crippen LogP contribution in [0.3, 0.4) is 0 Å². The summed E-state index contributed by atoms with van der Waals surface area (Å²) in [6.45, 7) is 3.76. The Labute approximate surface area is 231 Å². The van der Waals surface area contributed by atoms with Crippen LogP contribution in [0.1, 0.15) is 41.2 Å². The van der Waals surface area contributed by atoms with E-state index < -0.39 is 17.7 Å². The number of carbonyl (C=O) groups is 2. The van der Waals surface area contributed by atoms with Crippen LogP contribution in [0, 0.1) is 25.5 Å². The summed E-state index contributed by atoms with van der Waals surface area (Å²) < 4.78 is 33.5. The van der Waals surface area contributed by atoms with E-state index in [1.165, 1.54) is 22.3 Å². The van der Waals surface area contributed by atoms with Crippen molar-refractivity contribution in [3.05, 3.63) is 70.0 Å². The number of rotatable bonds is 4. The van der Waals surface area contributed by atoms with Gasteiger partial charge in [0.25, 0.3) is 0 Å². The van der Waals surface area contributed by atoms with Crippen molar-refractivity contribution in [2.75, 3.05) is 15.1 Å². The SMILES string of the molecule is Cc1noc(C)c1C1=CC2N=C([C@@H]3CCCC(=O)N3c3ccc(F)c(F)c3)N(c3nc4c(s3)CC(=O)N4)C2C=C1. The highest BCUT2D eigenvalue weighted by Gasteiger charge is 2.45. The molecule has 204 valence electrons. The Morgan fingerprint density at radius 3 is 2.75 bits per heavy atom. The largest absolute Gasteiger partial charge is 0.361 e. The zero-order valence-electron chi connectivity index (χ0n) is 21.6. The number of amides is 2. The van der Waals surface area contributed by atoms with Crippen LogP contribution in [0.2, 0.25) is 0 Å². The van der Waals surface area contributed by atoms with Gasteiger partial charge in [-0.15, -0.1) is 0 Å². The third kappa shape index (κ3) is 3.88. The van der Waals surface area contributed by atoms with E-state index in [4.69, 9.17) is 14.5 Å². The van der Waals surface area contributed by atoms with Gasteiger partial charge in [0.15, 0.2) is 16.8 Å². The summed E-state index contributed by atoms with van der Waals surface area (Å²) in [4.78, 5) is 39.5. The van der Waals surface area contributed by atoms with Gasteiger partial charge in [-0.3, -0.25) is 19.5 Å². The van der Waals surface area contributed by atoms with Gasteiger partial charge in [0, 0.05) is 23.7 Å². The number of hydrogen-bond acceptors (Lipinski definition) is 8. The molecule has 3 aliphatic heterocycles. The normalized spacial score (nSPS) is 23.8. The van der Waals surface area contributed by atoms with Crippen molar-refractivity contribution in [3.8, 4) is 0 Å². The number of piperidine rings is 1. The van der Waals surface area contributed by atoms with Crippen molar-refractivity contribution in [3.63, 3.8) is 0 Å². The zero-order valence-corrected chi connectivity index (χ0v) is 22.5. The fraction of sp³-hybridized carbons (Fsp3) is 0.321. The lowest BCUT2D eigenvalue weighted by atomic mass is 9.93. The van der Waals surface area contributed by atoms with Crippen LogP contribution in [-0.2, 0) is 16.0 Å². The third-order valence-corrected chi connectivity index (χ3v) is 8.78. The van der Waals surface area contributed by atoms with E-state index in [9.17, 15) is 18.4 Å². The van der Waals surface area contributed by atoms with Gasteiger partial charge in [-0.05, 0) is 50.5 Å². The van der Waals surface area contributed by atoms with E-state index in [1.807, 2.05) is 24.8 Å². The molecule has 2 aromatic heterocycles. The van der Waals surface area contributed by atoms with Gasteiger partial charge in [-0.25, -0.2) is 13.8 Å². The van der Waals surface area contributed by atoms with E-state index in [2.05, 4.69) is 22.6 Å². The molecule has 1 fully saturated rings. The number of aromatic nitrogens is 2. The van der Waals surface area contributed by atoms with Crippen molar-refractivity contribution < 1.29 is 22.9 Å². The number of carbonyl (C=O) groups excluding carboxylic acids is 2. The molecule has 0 bridgehead atoms. The van der Waals surface area contributed by atoms with Crippen molar-refractivity contribution in [2.24, 2.45) is 4.99 Å². The molecule has 3 atom stereocenters. The maximum absolute atomic E-state index is 14.3. The number of allylic oxidation sites excluding steroid dienone is 2. The second-order valence-corrected chi connectivity index (χ2v) is 11.3. The minimum absolute atomic E-state index is 0.0968. The quantitative estimate of drug-likeness (QED) is 0.494.